The maximum absolute atomic E-state index is 7.38. The van der Waals surface area contributed by atoms with Crippen molar-refractivity contribution >= 4 is 69.4 Å². The molecule has 0 bridgehead atoms. The van der Waals surface area contributed by atoms with Crippen molar-refractivity contribution in [2.75, 3.05) is 0 Å². The first-order valence-corrected chi connectivity index (χ1v) is 1.17. The van der Waals surface area contributed by atoms with E-state index in [0.29, 0.717) is 0 Å². The van der Waals surface area contributed by atoms with Crippen molar-refractivity contribution in [3.63, 3.8) is 0 Å². The summed E-state index contributed by atoms with van der Waals surface area (Å²) in [6, 6.07) is 0. The smallest absolute Gasteiger partial charge is 0.414 e. The molecular formula is H2BClKO2. The molecule has 0 aliphatic heterocycles. The normalized spacial score (nSPS) is 5.40. The number of halogens is 1. The fraction of sp³-hybridized carbons (Fsp3) is 0. The van der Waals surface area contributed by atoms with Crippen LogP contribution in [0.3, 0.4) is 0 Å². The zero-order chi connectivity index (χ0) is 3.58. The van der Waals surface area contributed by atoms with Crippen LogP contribution in [0.15, 0.2) is 0 Å². The quantitative estimate of drug-likeness (QED) is 0.394. The Balaban J connectivity index is 0. The van der Waals surface area contributed by atoms with Gasteiger partial charge in [-0.3, -0.25) is 0 Å². The minimum atomic E-state index is -1.69. The molecule has 0 saturated heterocycles. The van der Waals surface area contributed by atoms with Gasteiger partial charge in [-0.1, -0.05) is 0 Å². The molecule has 25 valence electrons. The Bertz CT molecular complexity index is 14.4. The van der Waals surface area contributed by atoms with Crippen molar-refractivity contribution in [1.29, 1.82) is 0 Å². The molecule has 5 heteroatoms. The molecule has 0 atom stereocenters. The van der Waals surface area contributed by atoms with Crippen molar-refractivity contribution in [2.45, 2.75) is 0 Å². The minimum absolute atomic E-state index is 0. The van der Waals surface area contributed by atoms with Crippen molar-refractivity contribution in [2.24, 2.45) is 0 Å². The molecule has 1 radical (unpaired) electrons. The Morgan fingerprint density at radius 1 is 1.40 bits per heavy atom. The molecule has 0 unspecified atom stereocenters. The molecule has 0 aliphatic rings. The van der Waals surface area contributed by atoms with E-state index in [1.54, 1.807) is 0 Å². The summed E-state index contributed by atoms with van der Waals surface area (Å²) in [5, 5.41) is 14.8. The second-order valence-corrected chi connectivity index (χ2v) is 0.701. The summed E-state index contributed by atoms with van der Waals surface area (Å²) in [6.07, 6.45) is 0. The predicted octanol–water partition coefficient (Wildman–Crippen LogP) is -1.19. The van der Waals surface area contributed by atoms with Crippen molar-refractivity contribution in [3.05, 3.63) is 0 Å². The zero-order valence-corrected chi connectivity index (χ0v) is 6.73. The van der Waals surface area contributed by atoms with Gasteiger partial charge in [0.25, 0.3) is 0 Å². The zero-order valence-electron chi connectivity index (χ0n) is 2.85. The van der Waals surface area contributed by atoms with Gasteiger partial charge in [0.2, 0.25) is 0 Å². The molecule has 0 amide bonds. The van der Waals surface area contributed by atoms with E-state index in [1.165, 1.54) is 0 Å². The van der Waals surface area contributed by atoms with Crippen LogP contribution in [-0.2, 0) is 0 Å². The van der Waals surface area contributed by atoms with E-state index in [4.69, 9.17) is 10.0 Å². The molecule has 0 spiro atoms. The monoisotopic (exact) mass is 119 g/mol. The predicted molar refractivity (Wildman–Crippen MR) is 21.8 cm³/mol. The summed E-state index contributed by atoms with van der Waals surface area (Å²) in [6.45, 7) is -1.69. The Morgan fingerprint density at radius 2 is 1.40 bits per heavy atom. The third-order valence-corrected chi connectivity index (χ3v) is 0. The third-order valence-electron chi connectivity index (χ3n) is 0. The molecule has 2 N–H and O–H groups in total. The maximum atomic E-state index is 7.38. The van der Waals surface area contributed by atoms with Gasteiger partial charge in [-0.25, -0.2) is 0 Å². The van der Waals surface area contributed by atoms with Gasteiger partial charge in [0.1, 0.15) is 0 Å². The first-order valence-electron chi connectivity index (χ1n) is 0.735. The van der Waals surface area contributed by atoms with Gasteiger partial charge in [-0.2, -0.15) is 0 Å². The molecule has 0 saturated carbocycles. The maximum Gasteiger partial charge on any atom is 0.566 e. The summed E-state index contributed by atoms with van der Waals surface area (Å²) in [5.41, 5.74) is 0. The molecule has 0 heterocycles. The Kier molecular flexibility index (Phi) is 11.8. The van der Waals surface area contributed by atoms with Crippen molar-refractivity contribution in [1.82, 2.24) is 0 Å². The van der Waals surface area contributed by atoms with Gasteiger partial charge in [0.05, 0.1) is 0 Å². The van der Waals surface area contributed by atoms with Crippen LogP contribution in [0.2, 0.25) is 0 Å². The average Bonchev–Trinajstić information content (AvgIpc) is 0.811. The van der Waals surface area contributed by atoms with E-state index in [2.05, 4.69) is 11.5 Å². The summed E-state index contributed by atoms with van der Waals surface area (Å²) >= 11 is 4.39. The van der Waals surface area contributed by atoms with Crippen molar-refractivity contribution < 1.29 is 10.0 Å². The fourth-order valence-electron chi connectivity index (χ4n) is 0. The van der Waals surface area contributed by atoms with E-state index in [-0.39, 0.29) is 51.4 Å². The molecule has 0 aromatic rings. The summed E-state index contributed by atoms with van der Waals surface area (Å²) < 4.78 is 0. The van der Waals surface area contributed by atoms with Crippen LogP contribution in [0.4, 0.5) is 0 Å². The van der Waals surface area contributed by atoms with Crippen LogP contribution in [0.1, 0.15) is 0 Å². The van der Waals surface area contributed by atoms with Gasteiger partial charge < -0.3 is 10.0 Å². The molecule has 0 aromatic carbocycles. The molecule has 0 aromatic heterocycles. The van der Waals surface area contributed by atoms with E-state index < -0.39 is 6.53 Å². The van der Waals surface area contributed by atoms with Crippen LogP contribution in [0, 0.1) is 0 Å². The van der Waals surface area contributed by atoms with Crippen LogP contribution in [0.5, 0.6) is 0 Å². The number of rotatable bonds is 0. The van der Waals surface area contributed by atoms with Crippen LogP contribution >= 0.6 is 11.5 Å². The Labute approximate surface area is 78.0 Å². The Hall–Kier alpha value is 1.91. The van der Waals surface area contributed by atoms with E-state index in [1.807, 2.05) is 0 Å². The van der Waals surface area contributed by atoms with Crippen LogP contribution in [-0.4, -0.2) is 68.0 Å². The minimum Gasteiger partial charge on any atom is -0.414 e. The molecule has 5 heavy (non-hydrogen) atoms. The summed E-state index contributed by atoms with van der Waals surface area (Å²) in [5.74, 6) is 0. The molecule has 2 nitrogen and oxygen atoms in total. The van der Waals surface area contributed by atoms with Gasteiger partial charge >= 0.3 is 6.53 Å². The molecule has 0 fully saturated rings. The molecular weight excluding hydrogens is 117 g/mol. The van der Waals surface area contributed by atoms with Gasteiger partial charge in [-0.15, -0.1) is 11.5 Å². The molecule has 0 rings (SSSR count). The van der Waals surface area contributed by atoms with E-state index in [0.717, 1.165) is 0 Å². The SMILES string of the molecule is OB(O)Cl.[K]. The fourth-order valence-corrected chi connectivity index (χ4v) is 0. The largest absolute Gasteiger partial charge is 0.566 e. The van der Waals surface area contributed by atoms with E-state index in [9.17, 15) is 0 Å². The second-order valence-electron chi connectivity index (χ2n) is 0.311. The van der Waals surface area contributed by atoms with Crippen LogP contribution < -0.4 is 0 Å². The van der Waals surface area contributed by atoms with Gasteiger partial charge in [-0.05, 0) is 0 Å². The first-order chi connectivity index (χ1) is 1.73. The summed E-state index contributed by atoms with van der Waals surface area (Å²) in [7, 11) is 0. The van der Waals surface area contributed by atoms with Crippen molar-refractivity contribution in [3.8, 4) is 0 Å². The number of hydrogen-bond donors (Lipinski definition) is 2. The Morgan fingerprint density at radius 3 is 1.40 bits per heavy atom. The number of hydrogen-bond acceptors (Lipinski definition) is 2. The standard InChI is InChI=1S/BClH2O2.K/c2-1(3)4;/h3-4H;. The first kappa shape index (κ1) is 10.0. The third kappa shape index (κ3) is 24.8. The summed E-state index contributed by atoms with van der Waals surface area (Å²) in [4.78, 5) is 0. The molecule has 0 aliphatic carbocycles. The topological polar surface area (TPSA) is 40.5 Å². The van der Waals surface area contributed by atoms with Gasteiger partial charge in [0, 0.05) is 51.4 Å². The van der Waals surface area contributed by atoms with Crippen LogP contribution in [0.25, 0.3) is 0 Å². The van der Waals surface area contributed by atoms with Gasteiger partial charge in [0.15, 0.2) is 0 Å². The average molecular weight is 119 g/mol. The van der Waals surface area contributed by atoms with E-state index >= 15 is 0 Å². The second kappa shape index (κ2) is 5.91.